The summed E-state index contributed by atoms with van der Waals surface area (Å²) in [5.74, 6) is -2.27. The Morgan fingerprint density at radius 1 is 0.971 bits per heavy atom. The molecule has 0 aliphatic heterocycles. The maximum atomic E-state index is 13.0. The summed E-state index contributed by atoms with van der Waals surface area (Å²) in [5.41, 5.74) is -2.62. The van der Waals surface area contributed by atoms with Gasteiger partial charge in [0.2, 0.25) is 0 Å². The van der Waals surface area contributed by atoms with Crippen molar-refractivity contribution in [2.24, 2.45) is 10.8 Å². The Hall–Kier alpha value is -2.27. The smallest absolute Gasteiger partial charge is 0.179 e. The van der Waals surface area contributed by atoms with Crippen LogP contribution in [0.3, 0.4) is 0 Å². The third-order valence-electron chi connectivity index (χ3n) is 8.55. The van der Waals surface area contributed by atoms with Crippen molar-refractivity contribution in [2.75, 3.05) is 0 Å². The second kappa shape index (κ2) is 11.6. The maximum absolute atomic E-state index is 13.0. The summed E-state index contributed by atoms with van der Waals surface area (Å²) < 4.78 is 0. The number of fused-ring (bicyclic) bond motifs is 2. The first-order valence-corrected chi connectivity index (χ1v) is 13.5. The second-order valence-electron chi connectivity index (χ2n) is 11.1. The van der Waals surface area contributed by atoms with Gasteiger partial charge in [0.25, 0.3) is 0 Å². The number of allylic oxidation sites excluding steroid dienone is 5. The Kier molecular flexibility index (Phi) is 9.09. The van der Waals surface area contributed by atoms with Gasteiger partial charge in [-0.15, -0.1) is 18.9 Å². The molecular formula is C30H43NO4. The first kappa shape index (κ1) is 27.3. The molecule has 0 amide bonds. The summed E-state index contributed by atoms with van der Waals surface area (Å²) in [5, 5.41) is 15.6. The normalized spacial score (nSPS) is 29.9. The van der Waals surface area contributed by atoms with E-state index in [1.165, 1.54) is 83.3 Å². The van der Waals surface area contributed by atoms with Gasteiger partial charge >= 0.3 is 0 Å². The van der Waals surface area contributed by atoms with Crippen LogP contribution in [0.1, 0.15) is 96.8 Å². The van der Waals surface area contributed by atoms with E-state index < -0.39 is 33.9 Å². The van der Waals surface area contributed by atoms with Gasteiger partial charge in [0.1, 0.15) is 0 Å². The monoisotopic (exact) mass is 481 g/mol. The minimum absolute atomic E-state index is 0.000787. The Bertz CT molecular complexity index is 887. The zero-order valence-corrected chi connectivity index (χ0v) is 21.5. The van der Waals surface area contributed by atoms with Crippen LogP contribution in [-0.4, -0.2) is 29.4 Å². The van der Waals surface area contributed by atoms with Gasteiger partial charge in [-0.05, 0) is 89.5 Å². The van der Waals surface area contributed by atoms with Crippen LogP contribution in [-0.2, 0) is 14.4 Å². The summed E-state index contributed by atoms with van der Waals surface area (Å²) in [7, 11) is 0. The fourth-order valence-electron chi connectivity index (χ4n) is 6.77. The highest BCUT2D eigenvalue weighted by Gasteiger charge is 2.63. The van der Waals surface area contributed by atoms with Crippen molar-refractivity contribution in [1.29, 1.82) is 0 Å². The molecular weight excluding hydrogens is 438 g/mol. The van der Waals surface area contributed by atoms with E-state index in [9.17, 15) is 19.5 Å². The van der Waals surface area contributed by atoms with Gasteiger partial charge in [-0.3, -0.25) is 14.4 Å². The molecule has 0 aromatic rings. The van der Waals surface area contributed by atoms with Crippen LogP contribution in [0.15, 0.2) is 48.8 Å². The molecule has 5 nitrogen and oxygen atoms in total. The number of hydrogen-bond acceptors (Lipinski definition) is 4. The molecule has 3 saturated carbocycles. The molecule has 5 heteroatoms. The lowest BCUT2D eigenvalue weighted by molar-refractivity contribution is -0.725. The Labute approximate surface area is 210 Å². The average Bonchev–Trinajstić information content (AvgIpc) is 2.84. The fraction of sp³-hybridized carbons (Fsp3) is 0.633. The molecule has 2 N–H and O–H groups in total. The number of rotatable bonds is 7. The molecule has 4 aliphatic carbocycles. The van der Waals surface area contributed by atoms with E-state index in [0.717, 1.165) is 12.1 Å². The highest BCUT2D eigenvalue weighted by molar-refractivity contribution is 6.32. The summed E-state index contributed by atoms with van der Waals surface area (Å²) in [6.45, 7) is 12.3. The van der Waals surface area contributed by atoms with Crippen LogP contribution < -0.4 is 10.4 Å². The van der Waals surface area contributed by atoms with Crippen molar-refractivity contribution in [3.63, 3.8) is 0 Å². The molecule has 2 atom stereocenters. The van der Waals surface area contributed by atoms with Gasteiger partial charge in [-0.25, -0.2) is 0 Å². The molecule has 2 bridgehead atoms. The van der Waals surface area contributed by atoms with Crippen molar-refractivity contribution >= 4 is 17.3 Å². The van der Waals surface area contributed by atoms with Crippen LogP contribution in [0.2, 0.25) is 0 Å². The van der Waals surface area contributed by atoms with E-state index in [0.29, 0.717) is 5.57 Å². The highest BCUT2D eigenvalue weighted by Crippen LogP contribution is 2.56. The number of carbonyl (C=O) groups excluding carboxylic acids is 3. The number of ketones is 3. The van der Waals surface area contributed by atoms with Crippen LogP contribution in [0.5, 0.6) is 0 Å². The lowest BCUT2D eigenvalue weighted by Gasteiger charge is -2.53. The summed E-state index contributed by atoms with van der Waals surface area (Å²) in [6.07, 6.45) is 18.2. The molecule has 0 aromatic heterocycles. The molecule has 0 unspecified atom stereocenters. The first-order valence-electron chi connectivity index (χ1n) is 13.5. The third kappa shape index (κ3) is 5.30. The van der Waals surface area contributed by atoms with E-state index in [4.69, 9.17) is 0 Å². The fourth-order valence-corrected chi connectivity index (χ4v) is 6.77. The number of Topliss-reactive ketones (excluding diaryl/α,β-unsaturated/α-hetero) is 3. The van der Waals surface area contributed by atoms with Gasteiger partial charge in [0.15, 0.2) is 22.8 Å². The van der Waals surface area contributed by atoms with Crippen molar-refractivity contribution < 1.29 is 24.8 Å². The minimum Gasteiger partial charge on any atom is -0.874 e. The van der Waals surface area contributed by atoms with Crippen molar-refractivity contribution in [2.45, 2.75) is 109 Å². The maximum Gasteiger partial charge on any atom is 0.179 e. The summed E-state index contributed by atoms with van der Waals surface area (Å²) in [4.78, 5) is 38.0. The molecule has 0 spiro atoms. The Morgan fingerprint density at radius 3 is 1.97 bits per heavy atom. The first-order chi connectivity index (χ1) is 16.7. The molecule has 0 heterocycles. The number of nitrogens with two attached hydrogens (primary N) is 1. The van der Waals surface area contributed by atoms with Crippen LogP contribution >= 0.6 is 0 Å². The van der Waals surface area contributed by atoms with Crippen LogP contribution in [0.25, 0.3) is 0 Å². The minimum atomic E-state index is -1.79. The van der Waals surface area contributed by atoms with Crippen LogP contribution in [0, 0.1) is 10.8 Å². The SMILES string of the molecule is C1CCC([NH2+]C2CCCCC2)CC1.C=CCC1=C([O-])[C@]2(CC=C)CC(=C)C[C@](C(C)=O)(C1=O)C2=O. The number of carbonyl (C=O) groups is 3. The average molecular weight is 482 g/mol. The Balaban J connectivity index is 0.000000223. The molecule has 35 heavy (non-hydrogen) atoms. The lowest BCUT2D eigenvalue weighted by atomic mass is 9.50. The summed E-state index contributed by atoms with van der Waals surface area (Å²) in [6, 6.07) is 1.99. The van der Waals surface area contributed by atoms with E-state index in [1.807, 2.05) is 0 Å². The van der Waals surface area contributed by atoms with E-state index in [-0.39, 0.29) is 31.3 Å². The zero-order chi connectivity index (χ0) is 25.6. The van der Waals surface area contributed by atoms with Crippen molar-refractivity contribution in [3.05, 3.63) is 48.8 Å². The van der Waals surface area contributed by atoms with E-state index >= 15 is 0 Å². The summed E-state index contributed by atoms with van der Waals surface area (Å²) >= 11 is 0. The second-order valence-corrected chi connectivity index (χ2v) is 11.1. The van der Waals surface area contributed by atoms with E-state index in [1.54, 1.807) is 0 Å². The molecule has 4 rings (SSSR count). The molecule has 3 fully saturated rings. The molecule has 0 radical (unpaired) electrons. The Morgan fingerprint density at radius 2 is 1.51 bits per heavy atom. The number of quaternary nitrogens is 1. The van der Waals surface area contributed by atoms with Crippen molar-refractivity contribution in [1.82, 2.24) is 0 Å². The topological polar surface area (TPSA) is 90.9 Å². The van der Waals surface area contributed by atoms with Gasteiger partial charge in [0.05, 0.1) is 12.1 Å². The number of hydrogen-bond donors (Lipinski definition) is 1. The highest BCUT2D eigenvalue weighted by atomic mass is 16.3. The van der Waals surface area contributed by atoms with Crippen LogP contribution in [0.4, 0.5) is 0 Å². The molecule has 192 valence electrons. The third-order valence-corrected chi connectivity index (χ3v) is 8.55. The predicted octanol–water partition coefficient (Wildman–Crippen LogP) is 4.03. The standard InChI is InChI=1S/C18H20O4.C12H23N/c1-5-7-13-14(20)17(8-6-2)9-11(3)10-18(12(4)19,15(13)21)16(17)22;1-3-7-11(8-4-1)13-12-9-5-2-6-10-12/h5-6,20H,1-3,7-10H2,4H3;11-13H,1-10H2/t17-,18-;/m0./s1. The molecule has 4 aliphatic rings. The van der Waals surface area contributed by atoms with Gasteiger partial charge in [-0.1, -0.05) is 37.1 Å². The zero-order valence-electron chi connectivity index (χ0n) is 21.5. The lowest BCUT2D eigenvalue weighted by Crippen LogP contribution is -2.95. The molecule has 0 aromatic carbocycles. The van der Waals surface area contributed by atoms with Crippen molar-refractivity contribution in [3.8, 4) is 0 Å². The van der Waals surface area contributed by atoms with E-state index in [2.05, 4.69) is 25.1 Å². The van der Waals surface area contributed by atoms with Gasteiger partial charge < -0.3 is 10.4 Å². The van der Waals surface area contributed by atoms with Gasteiger partial charge in [-0.2, -0.15) is 0 Å². The predicted molar refractivity (Wildman–Crippen MR) is 136 cm³/mol. The molecule has 0 saturated heterocycles. The largest absolute Gasteiger partial charge is 0.874 e. The van der Waals surface area contributed by atoms with Gasteiger partial charge in [0, 0.05) is 5.41 Å². The quantitative estimate of drug-likeness (QED) is 0.439.